The highest BCUT2D eigenvalue weighted by Crippen LogP contribution is 2.19. The number of halogens is 2. The van der Waals surface area contributed by atoms with E-state index < -0.39 is 5.37 Å². The fraction of sp³-hybridized carbons (Fsp3) is 0.125. The molecule has 0 saturated heterocycles. The van der Waals surface area contributed by atoms with Gasteiger partial charge in [0.1, 0.15) is 0 Å². The van der Waals surface area contributed by atoms with Gasteiger partial charge >= 0.3 is 5.37 Å². The molecular formula is C8H7Cl2NO. The van der Waals surface area contributed by atoms with E-state index in [-0.39, 0.29) is 0 Å². The number of rotatable bonds is 1. The summed E-state index contributed by atoms with van der Waals surface area (Å²) in [6.45, 7) is 1.91. The van der Waals surface area contributed by atoms with Gasteiger partial charge in [-0.25, -0.2) is 4.42 Å². The quantitative estimate of drug-likeness (QED) is 0.390. The molecule has 1 aromatic rings. The molecule has 0 N–H and O–H groups in total. The highest BCUT2D eigenvalue weighted by molar-refractivity contribution is 6.71. The molecule has 0 aliphatic heterocycles. The molecule has 4 heteroatoms. The second-order valence-corrected chi connectivity index (χ2v) is 3.03. The molecule has 1 rings (SSSR count). The Morgan fingerprint density at radius 1 is 1.50 bits per heavy atom. The second-order valence-electron chi connectivity index (χ2n) is 2.37. The van der Waals surface area contributed by atoms with E-state index in [0.717, 1.165) is 9.98 Å². The van der Waals surface area contributed by atoms with Gasteiger partial charge in [0, 0.05) is 11.8 Å². The van der Waals surface area contributed by atoms with Crippen molar-refractivity contribution in [2.24, 2.45) is 0 Å². The van der Waals surface area contributed by atoms with Crippen LogP contribution in [0.1, 0.15) is 5.56 Å². The molecule has 0 atom stereocenters. The van der Waals surface area contributed by atoms with Crippen molar-refractivity contribution in [3.63, 3.8) is 0 Å². The molecule has 0 heterocycles. The average molecular weight is 204 g/mol. The molecule has 0 aliphatic carbocycles. The number of hydrogen-bond acceptors (Lipinski definition) is 1. The van der Waals surface area contributed by atoms with Crippen molar-refractivity contribution >= 4 is 34.4 Å². The van der Waals surface area contributed by atoms with E-state index in [2.05, 4.69) is 0 Å². The maximum atomic E-state index is 10.6. The first-order valence-corrected chi connectivity index (χ1v) is 4.05. The molecule has 0 bridgehead atoms. The molecular weight excluding hydrogens is 197 g/mol. The molecule has 0 aromatic heterocycles. The predicted molar refractivity (Wildman–Crippen MR) is 50.8 cm³/mol. The molecule has 0 radical (unpaired) electrons. The van der Waals surface area contributed by atoms with Gasteiger partial charge in [-0.2, -0.15) is 0 Å². The summed E-state index contributed by atoms with van der Waals surface area (Å²) in [6.07, 6.45) is 0. The Labute approximate surface area is 80.8 Å². The molecule has 2 nitrogen and oxygen atoms in total. The zero-order chi connectivity index (χ0) is 9.14. The number of aryl methyl sites for hydroxylation is 1. The topological polar surface area (TPSA) is 20.3 Å². The fourth-order valence-electron chi connectivity index (χ4n) is 0.852. The Morgan fingerprint density at radius 2 is 2.17 bits per heavy atom. The van der Waals surface area contributed by atoms with Gasteiger partial charge < -0.3 is 0 Å². The minimum Gasteiger partial charge on any atom is -0.254 e. The van der Waals surface area contributed by atoms with E-state index in [1.165, 1.54) is 0 Å². The number of carbonyl (C=O) groups is 1. The first kappa shape index (κ1) is 9.36. The van der Waals surface area contributed by atoms with Gasteiger partial charge in [0.2, 0.25) is 0 Å². The Balaban J connectivity index is 2.95. The van der Waals surface area contributed by atoms with Gasteiger partial charge in [-0.1, -0.05) is 12.1 Å². The maximum absolute atomic E-state index is 10.6. The third-order valence-electron chi connectivity index (χ3n) is 1.38. The smallest absolute Gasteiger partial charge is 0.254 e. The summed E-state index contributed by atoms with van der Waals surface area (Å²) >= 11 is 10.7. The molecule has 0 spiro atoms. The van der Waals surface area contributed by atoms with E-state index >= 15 is 0 Å². The average Bonchev–Trinajstić information content (AvgIpc) is 2.03. The summed E-state index contributed by atoms with van der Waals surface area (Å²) in [6, 6.07) is 7.19. The third kappa shape index (κ3) is 2.13. The van der Waals surface area contributed by atoms with Crippen LogP contribution in [0.5, 0.6) is 0 Å². The summed E-state index contributed by atoms with van der Waals surface area (Å²) in [5, 5.41) is -0.706. The molecule has 0 unspecified atom stereocenters. The molecule has 0 aliphatic rings. The van der Waals surface area contributed by atoms with Crippen molar-refractivity contribution in [3.8, 4) is 0 Å². The lowest BCUT2D eigenvalue weighted by Crippen LogP contribution is -2.12. The normalized spacial score (nSPS) is 9.58. The van der Waals surface area contributed by atoms with Gasteiger partial charge in [0.05, 0.1) is 5.69 Å². The lowest BCUT2D eigenvalue weighted by atomic mass is 10.2. The molecule has 64 valence electrons. The van der Waals surface area contributed by atoms with Crippen molar-refractivity contribution in [1.29, 1.82) is 0 Å². The molecule has 1 amide bonds. The number of nitrogens with zero attached hydrogens (tertiary/aromatic N) is 1. The van der Waals surface area contributed by atoms with Crippen LogP contribution < -0.4 is 4.42 Å². The van der Waals surface area contributed by atoms with Crippen LogP contribution in [0.2, 0.25) is 0 Å². The van der Waals surface area contributed by atoms with Gasteiger partial charge in [-0.3, -0.25) is 4.79 Å². The van der Waals surface area contributed by atoms with Crippen molar-refractivity contribution in [3.05, 3.63) is 29.8 Å². The monoisotopic (exact) mass is 203 g/mol. The summed E-state index contributed by atoms with van der Waals surface area (Å²) < 4.78 is 0.870. The first-order chi connectivity index (χ1) is 5.61. The highest BCUT2D eigenvalue weighted by Gasteiger charge is 2.09. The van der Waals surface area contributed by atoms with Crippen molar-refractivity contribution in [1.82, 2.24) is 0 Å². The maximum Gasteiger partial charge on any atom is 0.335 e. The number of hydrogen-bond donors (Lipinski definition) is 0. The SMILES string of the molecule is Cc1cccc(N(Cl)C(=O)Cl)c1. The van der Waals surface area contributed by atoms with Crippen molar-refractivity contribution in [2.75, 3.05) is 4.42 Å². The largest absolute Gasteiger partial charge is 0.335 e. The van der Waals surface area contributed by atoms with E-state index in [9.17, 15) is 4.79 Å². The van der Waals surface area contributed by atoms with Crippen LogP contribution in [0.4, 0.5) is 10.5 Å². The van der Waals surface area contributed by atoms with Crippen molar-refractivity contribution in [2.45, 2.75) is 6.92 Å². The van der Waals surface area contributed by atoms with E-state index in [1.54, 1.807) is 18.2 Å². The zero-order valence-corrected chi connectivity index (χ0v) is 7.93. The lowest BCUT2D eigenvalue weighted by Gasteiger charge is -2.09. The van der Waals surface area contributed by atoms with Crippen LogP contribution in [-0.2, 0) is 0 Å². The Kier molecular flexibility index (Phi) is 2.95. The van der Waals surface area contributed by atoms with Crippen LogP contribution in [-0.4, -0.2) is 5.37 Å². The third-order valence-corrected chi connectivity index (χ3v) is 1.99. The molecule has 0 fully saturated rings. The highest BCUT2D eigenvalue weighted by atomic mass is 35.5. The molecule has 0 saturated carbocycles. The summed E-state index contributed by atoms with van der Waals surface area (Å²) in [4.78, 5) is 10.6. The zero-order valence-electron chi connectivity index (χ0n) is 6.42. The van der Waals surface area contributed by atoms with Crippen LogP contribution in [0.3, 0.4) is 0 Å². The molecule has 1 aromatic carbocycles. The minimum atomic E-state index is -0.706. The van der Waals surface area contributed by atoms with Gasteiger partial charge in [0.15, 0.2) is 0 Å². The van der Waals surface area contributed by atoms with Gasteiger partial charge in [-0.05, 0) is 36.2 Å². The summed E-state index contributed by atoms with van der Waals surface area (Å²) in [5.74, 6) is 0. The standard InChI is InChI=1S/C8H7Cl2NO/c1-6-3-2-4-7(5-6)11(10)8(9)12/h2-5H,1H3. The van der Waals surface area contributed by atoms with E-state index in [0.29, 0.717) is 5.69 Å². The van der Waals surface area contributed by atoms with Crippen molar-refractivity contribution < 1.29 is 4.79 Å². The Bertz CT molecular complexity index is 301. The fourth-order valence-corrected chi connectivity index (χ4v) is 1.05. The number of amides is 1. The van der Waals surface area contributed by atoms with Crippen LogP contribution in [0, 0.1) is 6.92 Å². The van der Waals surface area contributed by atoms with Crippen LogP contribution in [0.15, 0.2) is 24.3 Å². The Morgan fingerprint density at radius 3 is 2.67 bits per heavy atom. The van der Waals surface area contributed by atoms with E-state index in [4.69, 9.17) is 23.4 Å². The van der Waals surface area contributed by atoms with Gasteiger partial charge in [-0.15, -0.1) is 0 Å². The first-order valence-electron chi connectivity index (χ1n) is 3.33. The number of anilines is 1. The second kappa shape index (κ2) is 3.78. The van der Waals surface area contributed by atoms with Gasteiger partial charge in [0.25, 0.3) is 0 Å². The van der Waals surface area contributed by atoms with E-state index in [1.807, 2.05) is 13.0 Å². The lowest BCUT2D eigenvalue weighted by molar-refractivity contribution is 0.267. The number of carbonyl (C=O) groups excluding carboxylic acids is 1. The minimum absolute atomic E-state index is 0.580. The summed E-state index contributed by atoms with van der Waals surface area (Å²) in [7, 11) is 0. The van der Waals surface area contributed by atoms with Crippen LogP contribution >= 0.6 is 23.4 Å². The number of benzene rings is 1. The predicted octanol–water partition coefficient (Wildman–Crippen LogP) is 3.31. The van der Waals surface area contributed by atoms with Crippen LogP contribution in [0.25, 0.3) is 0 Å². The summed E-state index contributed by atoms with van der Waals surface area (Å²) in [5.41, 5.74) is 1.60. The Hall–Kier alpha value is -0.730. The molecule has 12 heavy (non-hydrogen) atoms.